The molecular weight excluding hydrogens is 394 g/mol. The summed E-state index contributed by atoms with van der Waals surface area (Å²) in [5.41, 5.74) is 4.83. The number of piperidine rings is 1. The van der Waals surface area contributed by atoms with Gasteiger partial charge in [-0.25, -0.2) is 4.98 Å². The first kappa shape index (κ1) is 24.4. The average Bonchev–Trinajstić information content (AvgIpc) is 3.16. The van der Waals surface area contributed by atoms with Gasteiger partial charge in [0.2, 0.25) is 0 Å². The van der Waals surface area contributed by atoms with Crippen LogP contribution in [0.15, 0.2) is 31.5 Å². The number of likely N-dealkylation sites (tertiary alicyclic amines) is 1. The Morgan fingerprint density at radius 3 is 2.69 bits per heavy atom. The molecule has 1 aliphatic carbocycles. The maximum absolute atomic E-state index is 4.71. The summed E-state index contributed by atoms with van der Waals surface area (Å²) in [6.07, 6.45) is 13.3. The maximum atomic E-state index is 4.71. The standard InChI is InChI=1S/C18H30N4.C9H11N/c1-6-16-17(7-2)22(18(20-16)11-19-5)13-15-9-8-10-21(12-15)14(3)4;1-2-6-9-8(4-1)5-3-7-10-9/h6-7,14-15,19H,1-2,8-13H2,3-5H3;3,5,7H,1-2,4,6H2/t15-;/m0./s1. The highest BCUT2D eigenvalue weighted by molar-refractivity contribution is 5.58. The summed E-state index contributed by atoms with van der Waals surface area (Å²) in [6, 6.07) is 4.86. The van der Waals surface area contributed by atoms with Crippen molar-refractivity contribution in [1.82, 2.24) is 24.8 Å². The van der Waals surface area contributed by atoms with Gasteiger partial charge < -0.3 is 14.8 Å². The third-order valence-corrected chi connectivity index (χ3v) is 6.65. The largest absolute Gasteiger partial charge is 0.327 e. The number of hydrogen-bond donors (Lipinski definition) is 1. The zero-order valence-electron chi connectivity index (χ0n) is 20.3. The number of nitrogens with zero attached hydrogens (tertiary/aromatic N) is 4. The lowest BCUT2D eigenvalue weighted by Crippen LogP contribution is -2.41. The summed E-state index contributed by atoms with van der Waals surface area (Å²) in [5, 5.41) is 3.22. The quantitative estimate of drug-likeness (QED) is 0.667. The Labute approximate surface area is 194 Å². The van der Waals surface area contributed by atoms with Gasteiger partial charge in [0.15, 0.2) is 0 Å². The van der Waals surface area contributed by atoms with Gasteiger partial charge >= 0.3 is 0 Å². The molecule has 3 heterocycles. The van der Waals surface area contributed by atoms with E-state index in [9.17, 15) is 0 Å². The van der Waals surface area contributed by atoms with Crippen molar-refractivity contribution in [3.63, 3.8) is 0 Å². The summed E-state index contributed by atoms with van der Waals surface area (Å²) in [6.45, 7) is 16.6. The van der Waals surface area contributed by atoms with Crippen molar-refractivity contribution in [1.29, 1.82) is 0 Å². The van der Waals surface area contributed by atoms with E-state index in [1.165, 1.54) is 62.9 Å². The van der Waals surface area contributed by atoms with Gasteiger partial charge in [-0.15, -0.1) is 0 Å². The molecule has 2 aromatic rings. The van der Waals surface area contributed by atoms with Gasteiger partial charge in [0, 0.05) is 31.0 Å². The van der Waals surface area contributed by atoms with Crippen LogP contribution >= 0.6 is 0 Å². The van der Waals surface area contributed by atoms with Gasteiger partial charge in [0.1, 0.15) is 5.82 Å². The number of aromatic nitrogens is 3. The molecule has 174 valence electrons. The monoisotopic (exact) mass is 435 g/mol. The molecule has 0 saturated carbocycles. The first-order valence-electron chi connectivity index (χ1n) is 12.2. The second-order valence-corrected chi connectivity index (χ2v) is 9.26. The summed E-state index contributed by atoms with van der Waals surface area (Å²) in [5.74, 6) is 1.76. The molecule has 0 spiro atoms. The van der Waals surface area contributed by atoms with Crippen LogP contribution in [0.25, 0.3) is 12.2 Å². The van der Waals surface area contributed by atoms with Gasteiger partial charge in [-0.3, -0.25) is 4.98 Å². The van der Waals surface area contributed by atoms with E-state index in [1.54, 1.807) is 0 Å². The highest BCUT2D eigenvalue weighted by Gasteiger charge is 2.24. The molecule has 2 aromatic heterocycles. The second-order valence-electron chi connectivity index (χ2n) is 9.26. The maximum Gasteiger partial charge on any atom is 0.123 e. The molecule has 0 radical (unpaired) electrons. The van der Waals surface area contributed by atoms with Crippen LogP contribution in [0.3, 0.4) is 0 Å². The average molecular weight is 436 g/mol. The highest BCUT2D eigenvalue weighted by Crippen LogP contribution is 2.24. The van der Waals surface area contributed by atoms with Crippen LogP contribution in [0.4, 0.5) is 0 Å². The molecule has 1 fully saturated rings. The fraction of sp³-hybridized carbons (Fsp3) is 0.556. The minimum Gasteiger partial charge on any atom is -0.327 e. The third-order valence-electron chi connectivity index (χ3n) is 6.65. The van der Waals surface area contributed by atoms with E-state index in [-0.39, 0.29) is 0 Å². The van der Waals surface area contributed by atoms with E-state index < -0.39 is 0 Å². The van der Waals surface area contributed by atoms with Gasteiger partial charge in [-0.2, -0.15) is 0 Å². The van der Waals surface area contributed by atoms with Crippen LogP contribution in [0.5, 0.6) is 0 Å². The fourth-order valence-corrected chi connectivity index (χ4v) is 4.90. The molecule has 5 nitrogen and oxygen atoms in total. The molecule has 1 saturated heterocycles. The molecule has 1 aliphatic heterocycles. The van der Waals surface area contributed by atoms with Crippen molar-refractivity contribution >= 4 is 12.2 Å². The molecule has 0 unspecified atom stereocenters. The number of nitrogens with one attached hydrogen (secondary N) is 1. The van der Waals surface area contributed by atoms with Crippen LogP contribution in [-0.2, 0) is 25.9 Å². The molecular formula is C27H41N5. The number of pyridine rings is 1. The highest BCUT2D eigenvalue weighted by atomic mass is 15.2. The molecule has 0 aromatic carbocycles. The molecule has 2 aliphatic rings. The molecule has 32 heavy (non-hydrogen) atoms. The van der Waals surface area contributed by atoms with Crippen molar-refractivity contribution in [2.75, 3.05) is 20.1 Å². The molecule has 5 heteroatoms. The molecule has 0 bridgehead atoms. The summed E-state index contributed by atoms with van der Waals surface area (Å²) < 4.78 is 2.33. The van der Waals surface area contributed by atoms with Crippen molar-refractivity contribution in [2.24, 2.45) is 5.92 Å². The molecule has 1 N–H and O–H groups in total. The van der Waals surface area contributed by atoms with Gasteiger partial charge in [-0.1, -0.05) is 19.2 Å². The first-order chi connectivity index (χ1) is 15.6. The SMILES string of the molecule is C=Cc1nc(CNC)n(C[C@H]2CCCN(C(C)C)C2)c1C=C.c1cnc2c(c1)CCCC2. The number of hydrogen-bond acceptors (Lipinski definition) is 4. The van der Waals surface area contributed by atoms with E-state index >= 15 is 0 Å². The zero-order valence-corrected chi connectivity index (χ0v) is 20.3. The lowest BCUT2D eigenvalue weighted by molar-refractivity contribution is 0.130. The summed E-state index contributed by atoms with van der Waals surface area (Å²) in [7, 11) is 1.96. The molecule has 0 amide bonds. The summed E-state index contributed by atoms with van der Waals surface area (Å²) in [4.78, 5) is 11.6. The predicted octanol–water partition coefficient (Wildman–Crippen LogP) is 4.97. The predicted molar refractivity (Wildman–Crippen MR) is 135 cm³/mol. The van der Waals surface area contributed by atoms with Crippen LogP contribution in [0, 0.1) is 5.92 Å². The van der Waals surface area contributed by atoms with Crippen molar-refractivity contribution in [2.45, 2.75) is 71.5 Å². The summed E-state index contributed by atoms with van der Waals surface area (Å²) >= 11 is 0. The van der Waals surface area contributed by atoms with E-state index in [4.69, 9.17) is 4.98 Å². The zero-order chi connectivity index (χ0) is 22.9. The number of fused-ring (bicyclic) bond motifs is 1. The van der Waals surface area contributed by atoms with Crippen molar-refractivity contribution < 1.29 is 0 Å². The Hall–Kier alpha value is -2.24. The van der Waals surface area contributed by atoms with Gasteiger partial charge in [0.05, 0.1) is 17.9 Å². The topological polar surface area (TPSA) is 46.0 Å². The first-order valence-corrected chi connectivity index (χ1v) is 12.2. The second kappa shape index (κ2) is 12.1. The third kappa shape index (κ3) is 6.17. The lowest BCUT2D eigenvalue weighted by Gasteiger charge is -2.36. The van der Waals surface area contributed by atoms with Crippen LogP contribution < -0.4 is 5.32 Å². The Balaban J connectivity index is 0.000000238. The van der Waals surface area contributed by atoms with Crippen LogP contribution in [-0.4, -0.2) is 45.6 Å². The number of rotatable bonds is 7. The van der Waals surface area contributed by atoms with E-state index in [1.807, 2.05) is 31.5 Å². The molecule has 1 atom stereocenters. The smallest absolute Gasteiger partial charge is 0.123 e. The fourth-order valence-electron chi connectivity index (χ4n) is 4.90. The normalized spacial score (nSPS) is 18.6. The van der Waals surface area contributed by atoms with E-state index in [0.717, 1.165) is 30.3 Å². The lowest BCUT2D eigenvalue weighted by atomic mass is 9.96. The van der Waals surface area contributed by atoms with Gasteiger partial charge in [0.25, 0.3) is 0 Å². The van der Waals surface area contributed by atoms with E-state index in [2.05, 4.69) is 52.8 Å². The van der Waals surface area contributed by atoms with Crippen LogP contribution in [0.2, 0.25) is 0 Å². The Kier molecular flexibility index (Phi) is 9.24. The van der Waals surface area contributed by atoms with Crippen LogP contribution in [0.1, 0.15) is 68.0 Å². The van der Waals surface area contributed by atoms with Gasteiger partial charge in [-0.05, 0) is 95.7 Å². The minimum atomic E-state index is 0.630. The van der Waals surface area contributed by atoms with Crippen molar-refractivity contribution in [3.8, 4) is 0 Å². The Morgan fingerprint density at radius 1 is 1.19 bits per heavy atom. The van der Waals surface area contributed by atoms with Crippen molar-refractivity contribution in [3.05, 3.63) is 60.0 Å². The molecule has 4 rings (SSSR count). The Morgan fingerprint density at radius 2 is 2.00 bits per heavy atom. The Bertz CT molecular complexity index is 857. The van der Waals surface area contributed by atoms with E-state index in [0.29, 0.717) is 12.0 Å². The number of aryl methyl sites for hydroxylation is 2. The minimum absolute atomic E-state index is 0.630. The number of imidazole rings is 1.